The van der Waals surface area contributed by atoms with E-state index in [9.17, 15) is 4.79 Å². The van der Waals surface area contributed by atoms with E-state index in [1.54, 1.807) is 12.1 Å². The van der Waals surface area contributed by atoms with Gasteiger partial charge in [-0.25, -0.2) is 0 Å². The highest BCUT2D eigenvalue weighted by molar-refractivity contribution is 5.92. The first-order chi connectivity index (χ1) is 9.34. The minimum Gasteiger partial charge on any atom is -0.399 e. The number of hydrogen-bond acceptors (Lipinski definition) is 3. The summed E-state index contributed by atoms with van der Waals surface area (Å²) in [6.45, 7) is 9.31. The molecule has 1 fully saturated rings. The minimum atomic E-state index is 0.0457. The number of benzene rings is 1. The third kappa shape index (κ3) is 3.97. The van der Waals surface area contributed by atoms with Gasteiger partial charge in [0.05, 0.1) is 6.54 Å². The lowest BCUT2D eigenvalue weighted by Crippen LogP contribution is -2.33. The van der Waals surface area contributed by atoms with Crippen LogP contribution in [0.15, 0.2) is 24.3 Å². The Balaban J connectivity index is 1.82. The Labute approximate surface area is 121 Å². The van der Waals surface area contributed by atoms with Gasteiger partial charge in [0.15, 0.2) is 0 Å². The fourth-order valence-electron chi connectivity index (χ4n) is 2.65. The molecule has 1 aromatic rings. The summed E-state index contributed by atoms with van der Waals surface area (Å²) in [5.74, 6) is 0.719. The van der Waals surface area contributed by atoms with Crippen molar-refractivity contribution in [2.24, 2.45) is 11.3 Å². The van der Waals surface area contributed by atoms with Crippen molar-refractivity contribution in [3.05, 3.63) is 24.3 Å². The minimum absolute atomic E-state index is 0.0457. The number of carbonyl (C=O) groups is 1. The molecule has 1 heterocycles. The summed E-state index contributed by atoms with van der Waals surface area (Å²) in [7, 11) is 0. The maximum absolute atomic E-state index is 12.0. The van der Waals surface area contributed by atoms with Crippen molar-refractivity contribution in [1.29, 1.82) is 0 Å². The molecule has 1 amide bonds. The van der Waals surface area contributed by atoms with Crippen LogP contribution < -0.4 is 11.1 Å². The van der Waals surface area contributed by atoms with E-state index < -0.39 is 0 Å². The van der Waals surface area contributed by atoms with Crippen molar-refractivity contribution in [1.82, 2.24) is 4.90 Å². The van der Waals surface area contributed by atoms with Crippen LogP contribution in [0.2, 0.25) is 0 Å². The first-order valence-electron chi connectivity index (χ1n) is 7.22. The van der Waals surface area contributed by atoms with E-state index in [-0.39, 0.29) is 5.91 Å². The van der Waals surface area contributed by atoms with Crippen LogP contribution in [0.3, 0.4) is 0 Å². The highest BCUT2D eigenvalue weighted by atomic mass is 16.2. The van der Waals surface area contributed by atoms with Crippen molar-refractivity contribution >= 4 is 17.3 Å². The Hall–Kier alpha value is -1.55. The van der Waals surface area contributed by atoms with E-state index in [0.717, 1.165) is 18.8 Å². The third-order valence-corrected chi connectivity index (χ3v) is 4.06. The fourth-order valence-corrected chi connectivity index (χ4v) is 2.65. The highest BCUT2D eigenvalue weighted by Crippen LogP contribution is 2.33. The second-order valence-corrected chi connectivity index (χ2v) is 6.76. The number of anilines is 2. The molecule has 1 aliphatic rings. The summed E-state index contributed by atoms with van der Waals surface area (Å²) in [5, 5.41) is 2.91. The molecule has 3 N–H and O–H groups in total. The Kier molecular flexibility index (Phi) is 4.33. The zero-order valence-corrected chi connectivity index (χ0v) is 12.6. The van der Waals surface area contributed by atoms with E-state index in [0.29, 0.717) is 23.6 Å². The lowest BCUT2D eigenvalue weighted by atomic mass is 9.80. The maximum Gasteiger partial charge on any atom is 0.238 e. The van der Waals surface area contributed by atoms with Crippen LogP contribution in [0.5, 0.6) is 0 Å². The summed E-state index contributed by atoms with van der Waals surface area (Å²) >= 11 is 0. The van der Waals surface area contributed by atoms with Gasteiger partial charge < -0.3 is 11.1 Å². The van der Waals surface area contributed by atoms with Gasteiger partial charge in [0.1, 0.15) is 0 Å². The smallest absolute Gasteiger partial charge is 0.238 e. The Bertz CT molecular complexity index is 462. The van der Waals surface area contributed by atoms with Crippen LogP contribution in [0.25, 0.3) is 0 Å². The SMILES string of the molecule is CC(C)(C)C1CCN(CC(=O)Nc2ccc(N)cc2)C1. The zero-order chi connectivity index (χ0) is 14.8. The monoisotopic (exact) mass is 275 g/mol. The Morgan fingerprint density at radius 2 is 2.00 bits per heavy atom. The molecular weight excluding hydrogens is 250 g/mol. The molecule has 0 aliphatic carbocycles. The summed E-state index contributed by atoms with van der Waals surface area (Å²) in [6.07, 6.45) is 1.18. The predicted octanol–water partition coefficient (Wildman–Crippen LogP) is 2.58. The first-order valence-corrected chi connectivity index (χ1v) is 7.22. The van der Waals surface area contributed by atoms with Gasteiger partial charge in [-0.2, -0.15) is 0 Å². The van der Waals surface area contributed by atoms with Gasteiger partial charge in [-0.15, -0.1) is 0 Å². The molecule has 110 valence electrons. The largest absolute Gasteiger partial charge is 0.399 e. The molecule has 20 heavy (non-hydrogen) atoms. The molecule has 0 saturated carbocycles. The number of nitrogens with zero attached hydrogens (tertiary/aromatic N) is 1. The van der Waals surface area contributed by atoms with Crippen molar-refractivity contribution in [3.8, 4) is 0 Å². The summed E-state index contributed by atoms with van der Waals surface area (Å²) < 4.78 is 0. The summed E-state index contributed by atoms with van der Waals surface area (Å²) in [6, 6.07) is 7.24. The number of carbonyl (C=O) groups excluding carboxylic acids is 1. The molecule has 1 saturated heterocycles. The highest BCUT2D eigenvalue weighted by Gasteiger charge is 2.32. The molecule has 4 nitrogen and oxygen atoms in total. The van der Waals surface area contributed by atoms with Crippen LogP contribution in [0.1, 0.15) is 27.2 Å². The quantitative estimate of drug-likeness (QED) is 0.834. The second-order valence-electron chi connectivity index (χ2n) is 6.76. The first kappa shape index (κ1) is 14.9. The van der Waals surface area contributed by atoms with Gasteiger partial charge in [0.2, 0.25) is 5.91 Å². The van der Waals surface area contributed by atoms with Gasteiger partial charge in [-0.05, 0) is 48.6 Å². The van der Waals surface area contributed by atoms with Gasteiger partial charge >= 0.3 is 0 Å². The average molecular weight is 275 g/mol. The number of nitrogens with two attached hydrogens (primary N) is 1. The molecule has 0 bridgehead atoms. The Morgan fingerprint density at radius 1 is 1.35 bits per heavy atom. The van der Waals surface area contributed by atoms with E-state index in [4.69, 9.17) is 5.73 Å². The molecule has 0 aromatic heterocycles. The van der Waals surface area contributed by atoms with Gasteiger partial charge in [0, 0.05) is 17.9 Å². The molecular formula is C16H25N3O. The number of amides is 1. The normalized spacial score (nSPS) is 20.1. The van der Waals surface area contributed by atoms with E-state index in [1.807, 2.05) is 12.1 Å². The second kappa shape index (κ2) is 5.83. The summed E-state index contributed by atoms with van der Waals surface area (Å²) in [5.41, 5.74) is 7.45. The molecule has 4 heteroatoms. The molecule has 0 spiro atoms. The number of rotatable bonds is 3. The molecule has 1 aliphatic heterocycles. The number of likely N-dealkylation sites (tertiary alicyclic amines) is 1. The summed E-state index contributed by atoms with van der Waals surface area (Å²) in [4.78, 5) is 14.3. The molecule has 1 aromatic carbocycles. The van der Waals surface area contributed by atoms with E-state index >= 15 is 0 Å². The average Bonchev–Trinajstić information content (AvgIpc) is 2.80. The lowest BCUT2D eigenvalue weighted by Gasteiger charge is -2.27. The van der Waals surface area contributed by atoms with Crippen molar-refractivity contribution in [2.45, 2.75) is 27.2 Å². The van der Waals surface area contributed by atoms with Crippen LogP contribution in [0, 0.1) is 11.3 Å². The lowest BCUT2D eigenvalue weighted by molar-refractivity contribution is -0.117. The fraction of sp³-hybridized carbons (Fsp3) is 0.562. The van der Waals surface area contributed by atoms with Crippen molar-refractivity contribution < 1.29 is 4.79 Å². The number of hydrogen-bond donors (Lipinski definition) is 2. The van der Waals surface area contributed by atoms with Crippen LogP contribution in [-0.4, -0.2) is 30.4 Å². The molecule has 0 radical (unpaired) electrons. The number of nitrogens with one attached hydrogen (secondary N) is 1. The van der Waals surface area contributed by atoms with Gasteiger partial charge in [-0.1, -0.05) is 20.8 Å². The van der Waals surface area contributed by atoms with Crippen LogP contribution in [0.4, 0.5) is 11.4 Å². The third-order valence-electron chi connectivity index (χ3n) is 4.06. The van der Waals surface area contributed by atoms with Crippen LogP contribution in [-0.2, 0) is 4.79 Å². The predicted molar refractivity (Wildman–Crippen MR) is 83.5 cm³/mol. The molecule has 2 rings (SSSR count). The van der Waals surface area contributed by atoms with Crippen molar-refractivity contribution in [3.63, 3.8) is 0 Å². The maximum atomic E-state index is 12.0. The van der Waals surface area contributed by atoms with Crippen LogP contribution >= 0.6 is 0 Å². The van der Waals surface area contributed by atoms with E-state index in [1.165, 1.54) is 6.42 Å². The topological polar surface area (TPSA) is 58.4 Å². The van der Waals surface area contributed by atoms with E-state index in [2.05, 4.69) is 31.0 Å². The molecule has 1 unspecified atom stereocenters. The number of nitrogen functional groups attached to an aromatic ring is 1. The zero-order valence-electron chi connectivity index (χ0n) is 12.6. The molecule has 1 atom stereocenters. The van der Waals surface area contributed by atoms with Crippen molar-refractivity contribution in [2.75, 3.05) is 30.7 Å². The Morgan fingerprint density at radius 3 is 2.55 bits per heavy atom. The van der Waals surface area contributed by atoms with Gasteiger partial charge in [-0.3, -0.25) is 9.69 Å². The standard InChI is InChI=1S/C16H25N3O/c1-16(2,3)12-8-9-19(10-12)11-15(20)18-14-6-4-13(17)5-7-14/h4-7,12H,8-11,17H2,1-3H3,(H,18,20). The van der Waals surface area contributed by atoms with Gasteiger partial charge in [0.25, 0.3) is 0 Å².